The second-order valence-corrected chi connectivity index (χ2v) is 23.4. The van der Waals surface area contributed by atoms with Crippen LogP contribution in [0.5, 0.6) is 0 Å². The highest BCUT2D eigenvalue weighted by Crippen LogP contribution is 2.17. The molecule has 0 amide bonds. The van der Waals surface area contributed by atoms with Crippen molar-refractivity contribution in [1.82, 2.24) is 0 Å². The summed E-state index contributed by atoms with van der Waals surface area (Å²) < 4.78 is 17.0. The van der Waals surface area contributed by atoms with Crippen molar-refractivity contribution in [1.29, 1.82) is 0 Å². The quantitative estimate of drug-likeness (QED) is 0.0261. The zero-order chi connectivity index (χ0) is 59.9. The first-order chi connectivity index (χ1) is 41.0. The molecule has 0 spiro atoms. The van der Waals surface area contributed by atoms with E-state index in [9.17, 15) is 14.4 Å². The summed E-state index contributed by atoms with van der Waals surface area (Å²) in [5.74, 6) is -0.880. The molecule has 476 valence electrons. The van der Waals surface area contributed by atoms with E-state index in [1.807, 2.05) is 0 Å². The fourth-order valence-electron chi connectivity index (χ4n) is 9.99. The minimum Gasteiger partial charge on any atom is -0.462 e. The van der Waals surface area contributed by atoms with Crippen LogP contribution >= 0.6 is 0 Å². The second-order valence-electron chi connectivity index (χ2n) is 23.4. The van der Waals surface area contributed by atoms with Crippen molar-refractivity contribution in [3.05, 3.63) is 109 Å². The van der Waals surface area contributed by atoms with E-state index in [0.717, 1.165) is 116 Å². The molecule has 0 aromatic carbocycles. The lowest BCUT2D eigenvalue weighted by Crippen LogP contribution is -2.30. The molecule has 0 aromatic heterocycles. The molecule has 0 bridgehead atoms. The number of ether oxygens (including phenoxy) is 3. The van der Waals surface area contributed by atoms with Crippen molar-refractivity contribution in [3.8, 4) is 0 Å². The Morgan fingerprint density at radius 1 is 0.253 bits per heavy atom. The fourth-order valence-corrected chi connectivity index (χ4v) is 9.99. The Morgan fingerprint density at radius 2 is 0.470 bits per heavy atom. The first-order valence-electron chi connectivity index (χ1n) is 35.4. The Balaban J connectivity index is 4.37. The molecule has 0 heterocycles. The van der Waals surface area contributed by atoms with Crippen LogP contribution < -0.4 is 0 Å². The number of hydrogen-bond acceptors (Lipinski definition) is 6. The van der Waals surface area contributed by atoms with Crippen LogP contribution in [-0.4, -0.2) is 37.2 Å². The number of hydrogen-bond donors (Lipinski definition) is 0. The van der Waals surface area contributed by atoms with Crippen molar-refractivity contribution in [2.75, 3.05) is 13.2 Å². The summed E-state index contributed by atoms with van der Waals surface area (Å²) in [5.41, 5.74) is 0. The molecule has 0 aliphatic rings. The number of unbranched alkanes of at least 4 members (excludes halogenated alkanes) is 35. The first-order valence-corrected chi connectivity index (χ1v) is 35.4. The van der Waals surface area contributed by atoms with Crippen LogP contribution in [-0.2, 0) is 28.6 Å². The van der Waals surface area contributed by atoms with Gasteiger partial charge in [-0.1, -0.05) is 323 Å². The van der Waals surface area contributed by atoms with Crippen LogP contribution in [0.4, 0.5) is 0 Å². The minimum atomic E-state index is -0.787. The molecule has 6 nitrogen and oxygen atoms in total. The molecule has 0 saturated heterocycles. The smallest absolute Gasteiger partial charge is 0.306 e. The predicted molar refractivity (Wildman–Crippen MR) is 362 cm³/mol. The van der Waals surface area contributed by atoms with Crippen LogP contribution in [0.25, 0.3) is 0 Å². The van der Waals surface area contributed by atoms with Crippen molar-refractivity contribution in [2.24, 2.45) is 0 Å². The van der Waals surface area contributed by atoms with Gasteiger partial charge in [0.25, 0.3) is 0 Å². The highest BCUT2D eigenvalue weighted by atomic mass is 16.6. The summed E-state index contributed by atoms with van der Waals surface area (Å²) in [6.07, 6.45) is 96.7. The van der Waals surface area contributed by atoms with Gasteiger partial charge in [0.05, 0.1) is 0 Å². The Morgan fingerprint density at radius 3 is 0.759 bits per heavy atom. The highest BCUT2D eigenvalue weighted by Gasteiger charge is 2.19. The van der Waals surface area contributed by atoms with E-state index in [1.165, 1.54) is 186 Å². The molecule has 0 radical (unpaired) electrons. The number of carbonyl (C=O) groups is 3. The number of rotatable bonds is 64. The van der Waals surface area contributed by atoms with Gasteiger partial charge in [-0.2, -0.15) is 0 Å². The van der Waals surface area contributed by atoms with Gasteiger partial charge in [0.1, 0.15) is 13.2 Å². The third kappa shape index (κ3) is 68.7. The second kappa shape index (κ2) is 70.6. The van der Waals surface area contributed by atoms with Crippen molar-refractivity contribution in [2.45, 2.75) is 348 Å². The molecule has 0 aliphatic carbocycles. The molecule has 0 rings (SSSR count). The molecule has 0 aliphatic heterocycles. The maximum Gasteiger partial charge on any atom is 0.306 e. The number of esters is 3. The van der Waals surface area contributed by atoms with E-state index in [0.29, 0.717) is 19.3 Å². The maximum atomic E-state index is 13.0. The Labute approximate surface area is 514 Å². The summed E-state index contributed by atoms with van der Waals surface area (Å²) >= 11 is 0. The summed E-state index contributed by atoms with van der Waals surface area (Å²) in [4.78, 5) is 38.5. The first kappa shape index (κ1) is 79.1. The monoisotopic (exact) mass is 1150 g/mol. The summed E-state index contributed by atoms with van der Waals surface area (Å²) in [6.45, 7) is 6.53. The molecule has 83 heavy (non-hydrogen) atoms. The van der Waals surface area contributed by atoms with E-state index < -0.39 is 6.10 Å². The van der Waals surface area contributed by atoms with E-state index >= 15 is 0 Å². The zero-order valence-corrected chi connectivity index (χ0v) is 54.7. The lowest BCUT2D eigenvalue weighted by molar-refractivity contribution is -0.167. The largest absolute Gasteiger partial charge is 0.462 e. The van der Waals surface area contributed by atoms with Gasteiger partial charge < -0.3 is 14.2 Å². The Kier molecular flexibility index (Phi) is 67.2. The van der Waals surface area contributed by atoms with Crippen molar-refractivity contribution in [3.63, 3.8) is 0 Å². The lowest BCUT2D eigenvalue weighted by atomic mass is 10.0. The third-order valence-electron chi connectivity index (χ3n) is 15.3. The predicted octanol–water partition coefficient (Wildman–Crippen LogP) is 24.6. The average Bonchev–Trinajstić information content (AvgIpc) is 3.49. The summed E-state index contributed by atoms with van der Waals surface area (Å²) in [6, 6.07) is 0. The standard InChI is InChI=1S/C77H132O6/c1-4-7-10-13-16-19-22-25-28-31-33-34-35-36-37-38-39-40-41-42-44-46-49-52-55-58-61-64-67-70-76(79)82-73-74(72-81-75(78)69-66-63-60-57-54-51-48-45-30-27-24-21-18-15-12-9-6-3)83-77(80)71-68-65-62-59-56-53-50-47-43-32-29-26-23-20-17-14-11-8-5-2/h7,10,16-17,19-20,25-26,28-29,33-34,36-37,39-40,42,44,74H,4-6,8-9,11-15,18,21-24,27,30-32,35,38,41,43,45-73H2,1-3H3/b10-7-,19-16-,20-17-,28-25-,29-26-,34-33-,37-36-,40-39-,44-42-. The van der Waals surface area contributed by atoms with Gasteiger partial charge in [-0.3, -0.25) is 14.4 Å². The van der Waals surface area contributed by atoms with Crippen LogP contribution in [0, 0.1) is 0 Å². The Bertz CT molecular complexity index is 1660. The molecule has 1 atom stereocenters. The number of allylic oxidation sites excluding steroid dienone is 18. The third-order valence-corrected chi connectivity index (χ3v) is 15.3. The van der Waals surface area contributed by atoms with Crippen LogP contribution in [0.15, 0.2) is 109 Å². The van der Waals surface area contributed by atoms with E-state index in [-0.39, 0.29) is 31.1 Å². The summed E-state index contributed by atoms with van der Waals surface area (Å²) in [7, 11) is 0. The van der Waals surface area contributed by atoms with Gasteiger partial charge in [0.2, 0.25) is 0 Å². The molecule has 0 saturated carbocycles. The summed E-state index contributed by atoms with van der Waals surface area (Å²) in [5, 5.41) is 0. The van der Waals surface area contributed by atoms with Crippen LogP contribution in [0.3, 0.4) is 0 Å². The average molecular weight is 1150 g/mol. The SMILES string of the molecule is CC/C=C\C/C=C\C/C=C\C/C=C\C/C=C\C/C=C\C/C=C\CCCCCCCCCC(=O)OCC(COC(=O)CCCCCCCCCCCCCCCCCCC)OC(=O)CCCCCCCCCCC/C=C\C/C=C\CCCCC. The van der Waals surface area contributed by atoms with Crippen LogP contribution in [0.1, 0.15) is 342 Å². The van der Waals surface area contributed by atoms with Gasteiger partial charge in [-0.25, -0.2) is 0 Å². The van der Waals surface area contributed by atoms with Gasteiger partial charge >= 0.3 is 17.9 Å². The van der Waals surface area contributed by atoms with Gasteiger partial charge in [-0.05, 0) is 109 Å². The van der Waals surface area contributed by atoms with Crippen molar-refractivity contribution >= 4 is 17.9 Å². The molecular formula is C77H132O6. The number of carbonyl (C=O) groups excluding carboxylic acids is 3. The van der Waals surface area contributed by atoms with E-state index in [1.54, 1.807) is 0 Å². The van der Waals surface area contributed by atoms with Gasteiger partial charge in [0, 0.05) is 19.3 Å². The normalized spacial score (nSPS) is 12.8. The fraction of sp³-hybridized carbons (Fsp3) is 0.727. The molecule has 0 aromatic rings. The molecule has 0 N–H and O–H groups in total. The molecule has 0 fully saturated rings. The minimum absolute atomic E-state index is 0.0805. The molecule has 6 heteroatoms. The molecular weight excluding hydrogens is 1020 g/mol. The van der Waals surface area contributed by atoms with Crippen LogP contribution in [0.2, 0.25) is 0 Å². The highest BCUT2D eigenvalue weighted by molar-refractivity contribution is 5.71. The van der Waals surface area contributed by atoms with Gasteiger partial charge in [-0.15, -0.1) is 0 Å². The van der Waals surface area contributed by atoms with Crippen molar-refractivity contribution < 1.29 is 28.6 Å². The van der Waals surface area contributed by atoms with E-state index in [2.05, 4.69) is 130 Å². The van der Waals surface area contributed by atoms with E-state index in [4.69, 9.17) is 14.2 Å². The Hall–Kier alpha value is -3.93. The molecule has 1 unspecified atom stereocenters. The zero-order valence-electron chi connectivity index (χ0n) is 54.7. The lowest BCUT2D eigenvalue weighted by Gasteiger charge is -2.18. The maximum absolute atomic E-state index is 13.0. The van der Waals surface area contributed by atoms with Gasteiger partial charge in [0.15, 0.2) is 6.10 Å². The topological polar surface area (TPSA) is 78.9 Å².